The quantitative estimate of drug-likeness (QED) is 0.137. The molecule has 13 heteroatoms. The van der Waals surface area contributed by atoms with Crippen LogP contribution in [0.1, 0.15) is 29.8 Å². The van der Waals surface area contributed by atoms with Gasteiger partial charge in [0.15, 0.2) is 29.3 Å². The third kappa shape index (κ3) is 4.90. The number of aromatic nitrogens is 2. The molecular weight excluding hydrogens is 528 g/mol. The first-order valence-electron chi connectivity index (χ1n) is 12.1. The number of pyridine rings is 1. The Bertz CT molecular complexity index is 1380. The van der Waals surface area contributed by atoms with E-state index >= 15 is 0 Å². The van der Waals surface area contributed by atoms with Gasteiger partial charge in [-0.1, -0.05) is 11.2 Å². The average molecular weight is 556 g/mol. The second-order valence-electron chi connectivity index (χ2n) is 8.97. The van der Waals surface area contributed by atoms with E-state index < -0.39 is 29.2 Å². The van der Waals surface area contributed by atoms with E-state index in [9.17, 15) is 19.5 Å². The molecule has 3 aliphatic rings. The van der Waals surface area contributed by atoms with E-state index in [0.29, 0.717) is 24.3 Å². The molecule has 0 saturated carbocycles. The van der Waals surface area contributed by atoms with Crippen LogP contribution in [-0.2, 0) is 38.6 Å². The van der Waals surface area contributed by atoms with Crippen LogP contribution in [0.25, 0.3) is 0 Å². The molecule has 4 N–H and O–H groups in total. The van der Waals surface area contributed by atoms with Crippen molar-refractivity contribution in [1.82, 2.24) is 15.2 Å². The van der Waals surface area contributed by atoms with Crippen LogP contribution >= 0.6 is 23.1 Å². The normalized spacial score (nSPS) is 20.8. The van der Waals surface area contributed by atoms with Crippen LogP contribution in [0, 0.1) is 0 Å². The second kappa shape index (κ2) is 11.0. The van der Waals surface area contributed by atoms with Crippen molar-refractivity contribution in [2.45, 2.75) is 43.6 Å². The van der Waals surface area contributed by atoms with E-state index in [1.165, 1.54) is 41.4 Å². The molecule has 2 amide bonds. The first-order valence-corrected chi connectivity index (χ1v) is 14.0. The molecule has 4 heterocycles. The van der Waals surface area contributed by atoms with Gasteiger partial charge in [0.05, 0.1) is 0 Å². The van der Waals surface area contributed by atoms with Crippen molar-refractivity contribution in [3.63, 3.8) is 0 Å². The van der Waals surface area contributed by atoms with E-state index in [-0.39, 0.29) is 22.2 Å². The number of fused-ring (bicyclic) bond motifs is 2. The number of thioether (sulfide) groups is 1. The highest BCUT2D eigenvalue weighted by atomic mass is 32.2. The summed E-state index contributed by atoms with van der Waals surface area (Å²) >= 11 is 2.56. The molecule has 0 bridgehead atoms. The number of thiazole rings is 1. The number of carbonyl (C=O) groups excluding carboxylic acids is 2. The van der Waals surface area contributed by atoms with Crippen LogP contribution in [0.3, 0.4) is 0 Å². The lowest BCUT2D eigenvalue weighted by molar-refractivity contribution is -0.694. The average Bonchev–Trinajstić information content (AvgIpc) is 3.56. The maximum atomic E-state index is 13.0. The molecule has 2 aliphatic heterocycles. The fourth-order valence-electron chi connectivity index (χ4n) is 4.94. The molecule has 1 saturated heterocycles. The predicted molar refractivity (Wildman–Crippen MR) is 142 cm³/mol. The molecule has 198 valence electrons. The van der Waals surface area contributed by atoms with Gasteiger partial charge in [0, 0.05) is 29.2 Å². The SMILES string of the molecule is CO/N=C(\C(=O)N[C@@H]1C(=O)N2C(C(=O)O)=C(C/C=C/C[n+]3cccc4c3CCC4)CS[C@H]12)c1csc(N)n1. The minimum Gasteiger partial charge on any atom is -0.477 e. The zero-order chi connectivity index (χ0) is 26.8. The Hall–Kier alpha value is -3.71. The van der Waals surface area contributed by atoms with Crippen LogP contribution in [0.15, 0.2) is 52.3 Å². The maximum absolute atomic E-state index is 13.0. The summed E-state index contributed by atoms with van der Waals surface area (Å²) in [6, 6.07) is 3.33. The first-order chi connectivity index (χ1) is 18.4. The predicted octanol–water partition coefficient (Wildman–Crippen LogP) is 1.24. The number of nitrogens with zero attached hydrogens (tertiary/aromatic N) is 4. The molecule has 2 atom stereocenters. The molecule has 1 fully saturated rings. The molecule has 2 aromatic heterocycles. The van der Waals surface area contributed by atoms with Crippen LogP contribution in [0.2, 0.25) is 0 Å². The van der Waals surface area contributed by atoms with E-state index in [2.05, 4.69) is 38.4 Å². The lowest BCUT2D eigenvalue weighted by Crippen LogP contribution is -2.71. The number of nitrogens with two attached hydrogens (primary N) is 1. The molecule has 38 heavy (non-hydrogen) atoms. The summed E-state index contributed by atoms with van der Waals surface area (Å²) in [6.07, 6.45) is 9.83. The van der Waals surface area contributed by atoms with Gasteiger partial charge in [-0.25, -0.2) is 9.78 Å². The fraction of sp³-hybridized carbons (Fsp3) is 0.360. The van der Waals surface area contributed by atoms with Gasteiger partial charge in [0.1, 0.15) is 29.9 Å². The number of carboxylic acid groups (broad SMARTS) is 1. The van der Waals surface area contributed by atoms with Gasteiger partial charge in [-0.05, 0) is 37.0 Å². The van der Waals surface area contributed by atoms with Gasteiger partial charge in [0.2, 0.25) is 0 Å². The number of nitrogens with one attached hydrogen (secondary N) is 1. The van der Waals surface area contributed by atoms with Crippen LogP contribution < -0.4 is 15.6 Å². The summed E-state index contributed by atoms with van der Waals surface area (Å²) in [6.45, 7) is 0.710. The van der Waals surface area contributed by atoms with Crippen molar-refractivity contribution in [3.8, 4) is 0 Å². The number of β-lactam (4-membered cyclic amide) rings is 1. The molecule has 0 unspecified atom stereocenters. The summed E-state index contributed by atoms with van der Waals surface area (Å²) < 4.78 is 2.23. The summed E-state index contributed by atoms with van der Waals surface area (Å²) in [7, 11) is 1.29. The Kier molecular flexibility index (Phi) is 7.47. The number of carbonyl (C=O) groups is 3. The smallest absolute Gasteiger partial charge is 0.352 e. The van der Waals surface area contributed by atoms with Gasteiger partial charge >= 0.3 is 5.97 Å². The number of nitrogen functional groups attached to an aromatic ring is 1. The van der Waals surface area contributed by atoms with Crippen molar-refractivity contribution in [1.29, 1.82) is 0 Å². The monoisotopic (exact) mass is 555 g/mol. The van der Waals surface area contributed by atoms with Gasteiger partial charge < -0.3 is 21.0 Å². The Labute approximate surface area is 227 Å². The number of oxime groups is 1. The number of hydrogen-bond acceptors (Lipinski definition) is 9. The van der Waals surface area contributed by atoms with Crippen molar-refractivity contribution >= 4 is 51.7 Å². The van der Waals surface area contributed by atoms with E-state index in [0.717, 1.165) is 24.2 Å². The molecule has 5 rings (SSSR count). The fourth-order valence-corrected chi connectivity index (χ4v) is 6.85. The number of aryl methyl sites for hydroxylation is 1. The van der Waals surface area contributed by atoms with E-state index in [1.54, 1.807) is 5.38 Å². The zero-order valence-corrected chi connectivity index (χ0v) is 22.3. The van der Waals surface area contributed by atoms with Gasteiger partial charge in [-0.15, -0.1) is 23.1 Å². The maximum Gasteiger partial charge on any atom is 0.352 e. The first kappa shape index (κ1) is 25.9. The molecule has 2 aromatic rings. The Balaban J connectivity index is 1.26. The number of allylic oxidation sites excluding steroid dienone is 2. The number of rotatable bonds is 9. The topological polar surface area (TPSA) is 151 Å². The second-order valence-corrected chi connectivity index (χ2v) is 11.0. The van der Waals surface area contributed by atoms with E-state index in [1.807, 2.05) is 12.2 Å². The molecule has 0 aromatic carbocycles. The highest BCUT2D eigenvalue weighted by Crippen LogP contribution is 2.41. The lowest BCUT2D eigenvalue weighted by Gasteiger charge is -2.49. The summed E-state index contributed by atoms with van der Waals surface area (Å²) in [5, 5.41) is 17.6. The molecular formula is C25H27N6O5S2+. The van der Waals surface area contributed by atoms with Crippen LogP contribution in [0.5, 0.6) is 0 Å². The summed E-state index contributed by atoms with van der Waals surface area (Å²) in [5.74, 6) is -1.87. The number of carboxylic acids is 1. The highest BCUT2D eigenvalue weighted by molar-refractivity contribution is 8.00. The largest absolute Gasteiger partial charge is 0.477 e. The van der Waals surface area contributed by atoms with Gasteiger partial charge in [-0.3, -0.25) is 14.5 Å². The highest BCUT2D eigenvalue weighted by Gasteiger charge is 2.54. The van der Waals surface area contributed by atoms with E-state index in [4.69, 9.17) is 10.6 Å². The lowest BCUT2D eigenvalue weighted by atomic mass is 10.0. The zero-order valence-electron chi connectivity index (χ0n) is 20.6. The number of hydrogen-bond donors (Lipinski definition) is 3. The Morgan fingerprint density at radius 3 is 2.97 bits per heavy atom. The summed E-state index contributed by atoms with van der Waals surface area (Å²) in [5.41, 5.74) is 9.17. The van der Waals surface area contributed by atoms with Gasteiger partial charge in [0.25, 0.3) is 11.8 Å². The third-order valence-electron chi connectivity index (χ3n) is 6.67. The molecule has 0 spiro atoms. The molecule has 0 radical (unpaired) electrons. The molecule has 11 nitrogen and oxygen atoms in total. The van der Waals surface area contributed by atoms with Crippen molar-refractivity contribution in [3.05, 3.63) is 64.1 Å². The van der Waals surface area contributed by atoms with Crippen molar-refractivity contribution in [2.24, 2.45) is 5.16 Å². The molecule has 1 aliphatic carbocycles. The summed E-state index contributed by atoms with van der Waals surface area (Å²) in [4.78, 5) is 48.1. The number of anilines is 1. The number of amides is 2. The van der Waals surface area contributed by atoms with Crippen LogP contribution in [-0.4, -0.2) is 62.8 Å². The Morgan fingerprint density at radius 2 is 2.24 bits per heavy atom. The standard InChI is InChI=1S/C25H26N6O5S2/c1-36-29-18(16-13-38-25(26)27-16)21(32)28-19-22(33)31-20(24(34)35)15(12-37-23(19)31)6-2-3-10-30-11-5-8-14-7-4-9-17(14)30/h2-3,5,8,11,13,19,23H,4,6-7,9-10,12H2,1H3,(H3-,26,27,28,32,34,35)/p+1/b3-2+,29-18-/t19-,23-/m1/s1. The van der Waals surface area contributed by atoms with Gasteiger partial charge in [-0.2, -0.15) is 4.57 Å². The Morgan fingerprint density at radius 1 is 1.39 bits per heavy atom. The third-order valence-corrected chi connectivity index (χ3v) is 8.69. The minimum absolute atomic E-state index is 0.0137. The van der Waals surface area contributed by atoms with Crippen LogP contribution in [0.4, 0.5) is 5.13 Å². The number of aliphatic carboxylic acids is 1. The van der Waals surface area contributed by atoms with Crippen molar-refractivity contribution in [2.75, 3.05) is 18.6 Å². The van der Waals surface area contributed by atoms with Crippen molar-refractivity contribution < 1.29 is 28.9 Å². The minimum atomic E-state index is -1.16.